The van der Waals surface area contributed by atoms with Crippen molar-refractivity contribution in [1.29, 1.82) is 0 Å². The summed E-state index contributed by atoms with van der Waals surface area (Å²) in [5.74, 6) is -1.42. The van der Waals surface area contributed by atoms with E-state index in [1.54, 1.807) is 30.3 Å². The van der Waals surface area contributed by atoms with Gasteiger partial charge in [0.15, 0.2) is 0 Å². The molecule has 162 valence electrons. The third-order valence-electron chi connectivity index (χ3n) is 5.46. The van der Waals surface area contributed by atoms with Crippen LogP contribution in [0.5, 0.6) is 0 Å². The van der Waals surface area contributed by atoms with E-state index in [1.807, 2.05) is 0 Å². The first-order valence-electron chi connectivity index (χ1n) is 9.63. The fraction of sp³-hybridized carbons (Fsp3) is 0.0909. The molecule has 2 aromatic heterocycles. The molecule has 0 radical (unpaired) electrons. The molecule has 0 saturated heterocycles. The zero-order valence-electron chi connectivity index (χ0n) is 16.5. The van der Waals surface area contributed by atoms with E-state index in [2.05, 4.69) is 4.98 Å². The molecule has 0 saturated carbocycles. The van der Waals surface area contributed by atoms with Crippen LogP contribution in [0.4, 0.5) is 19.3 Å². The van der Waals surface area contributed by atoms with Crippen LogP contribution in [0.25, 0.3) is 22.2 Å². The fourth-order valence-electron chi connectivity index (χ4n) is 3.97. The molecule has 0 aliphatic carbocycles. The summed E-state index contributed by atoms with van der Waals surface area (Å²) in [5, 5.41) is 5.52. The maximum absolute atomic E-state index is 14.2. The quantitative estimate of drug-likeness (QED) is 0.511. The molecule has 0 fully saturated rings. The first kappa shape index (κ1) is 20.3. The van der Waals surface area contributed by atoms with Crippen molar-refractivity contribution in [1.82, 2.24) is 9.55 Å². The molecule has 0 atom stereocenters. The van der Waals surface area contributed by atoms with Crippen LogP contribution in [0, 0.1) is 11.6 Å². The lowest BCUT2D eigenvalue weighted by Crippen LogP contribution is -2.41. The van der Waals surface area contributed by atoms with Crippen LogP contribution in [0.2, 0.25) is 0 Å². The Bertz CT molecular complexity index is 1500. The number of carbonyl (C=O) groups excluding carboxylic acids is 1. The summed E-state index contributed by atoms with van der Waals surface area (Å²) in [6.07, 6.45) is 1.97. The number of pyridine rings is 1. The summed E-state index contributed by atoms with van der Waals surface area (Å²) in [6, 6.07) is 12.9. The summed E-state index contributed by atoms with van der Waals surface area (Å²) in [7, 11) is -4.30. The fourth-order valence-corrected chi connectivity index (χ4v) is 4.58. The van der Waals surface area contributed by atoms with Crippen molar-refractivity contribution in [2.24, 2.45) is 5.14 Å². The van der Waals surface area contributed by atoms with Gasteiger partial charge < -0.3 is 0 Å². The summed E-state index contributed by atoms with van der Waals surface area (Å²) in [5.41, 5.74) is 2.25. The van der Waals surface area contributed by atoms with E-state index in [0.29, 0.717) is 35.3 Å². The minimum absolute atomic E-state index is 0.209. The van der Waals surface area contributed by atoms with Gasteiger partial charge in [0.25, 0.3) is 0 Å². The van der Waals surface area contributed by atoms with Crippen LogP contribution in [0.15, 0.2) is 65.7 Å². The molecule has 4 aromatic rings. The van der Waals surface area contributed by atoms with Crippen molar-refractivity contribution in [3.05, 3.63) is 78.1 Å². The molecule has 5 rings (SSSR count). The lowest BCUT2D eigenvalue weighted by molar-refractivity contribution is 0.246. The van der Waals surface area contributed by atoms with Crippen LogP contribution < -0.4 is 10.0 Å². The van der Waals surface area contributed by atoms with Crippen LogP contribution in [0.3, 0.4) is 0 Å². The Balaban J connectivity index is 1.55. The highest BCUT2D eigenvalue weighted by Gasteiger charge is 2.29. The predicted molar refractivity (Wildman–Crippen MR) is 115 cm³/mol. The summed E-state index contributed by atoms with van der Waals surface area (Å²) >= 11 is 0. The van der Waals surface area contributed by atoms with Gasteiger partial charge in [-0.25, -0.2) is 27.1 Å². The van der Waals surface area contributed by atoms with Gasteiger partial charge in [0, 0.05) is 41.5 Å². The maximum Gasteiger partial charge on any atom is 0.333 e. The first-order chi connectivity index (χ1) is 15.2. The molecule has 2 aromatic carbocycles. The molecule has 0 spiro atoms. The zero-order chi connectivity index (χ0) is 22.6. The number of nitrogens with two attached hydrogens (primary N) is 1. The largest absolute Gasteiger partial charge is 0.333 e. The average Bonchev–Trinajstić information content (AvgIpc) is 3.11. The summed E-state index contributed by atoms with van der Waals surface area (Å²) < 4.78 is 53.1. The van der Waals surface area contributed by atoms with Crippen molar-refractivity contribution in [2.45, 2.75) is 11.3 Å². The molecule has 1 aliphatic heterocycles. The maximum atomic E-state index is 14.2. The Morgan fingerprint density at radius 3 is 2.44 bits per heavy atom. The van der Waals surface area contributed by atoms with Gasteiger partial charge in [-0.3, -0.25) is 14.5 Å². The van der Waals surface area contributed by atoms with Gasteiger partial charge in [-0.15, -0.1) is 0 Å². The molecule has 3 heterocycles. The number of nitrogens with zero attached hydrogens (tertiary/aromatic N) is 3. The van der Waals surface area contributed by atoms with E-state index in [1.165, 1.54) is 27.8 Å². The highest BCUT2D eigenvalue weighted by atomic mass is 32.2. The van der Waals surface area contributed by atoms with Crippen molar-refractivity contribution >= 4 is 32.6 Å². The molecule has 32 heavy (non-hydrogen) atoms. The van der Waals surface area contributed by atoms with Crippen LogP contribution >= 0.6 is 0 Å². The number of carbonyl (C=O) groups is 1. The molecule has 7 nitrogen and oxygen atoms in total. The van der Waals surface area contributed by atoms with Crippen molar-refractivity contribution in [2.75, 3.05) is 11.4 Å². The van der Waals surface area contributed by atoms with E-state index in [9.17, 15) is 22.0 Å². The number of hydrogen-bond acceptors (Lipinski definition) is 4. The van der Waals surface area contributed by atoms with Gasteiger partial charge in [-0.2, -0.15) is 0 Å². The first-order valence-corrected chi connectivity index (χ1v) is 11.2. The van der Waals surface area contributed by atoms with Gasteiger partial charge in [0.05, 0.1) is 5.52 Å². The Hall–Kier alpha value is -3.63. The smallest absolute Gasteiger partial charge is 0.293 e. The number of halogens is 2. The number of rotatable bonds is 3. The van der Waals surface area contributed by atoms with E-state index in [4.69, 9.17) is 5.14 Å². The summed E-state index contributed by atoms with van der Waals surface area (Å²) in [4.78, 5) is 18.2. The molecular weight excluding hydrogens is 438 g/mol. The standard InChI is InChI=1S/C22H16F2N4O3S/c23-17-2-1-8-26-21(17)13-3-5-15(6-4-13)27-9-7-16-10-14-11-18(24)20(32(25,30)31)12-19(14)28(16)22(27)29/h1-6,8,10-12H,7,9H2,(H2,25,30,31). The normalized spacial score (nSPS) is 14.1. The number of anilines is 1. The number of amides is 1. The molecule has 2 N–H and O–H groups in total. The minimum atomic E-state index is -4.30. The zero-order valence-corrected chi connectivity index (χ0v) is 17.3. The highest BCUT2D eigenvalue weighted by Crippen LogP contribution is 2.31. The van der Waals surface area contributed by atoms with E-state index in [-0.39, 0.29) is 11.2 Å². The van der Waals surface area contributed by atoms with Gasteiger partial charge in [-0.05, 0) is 42.5 Å². The van der Waals surface area contributed by atoms with Gasteiger partial charge in [-0.1, -0.05) is 12.1 Å². The third-order valence-corrected chi connectivity index (χ3v) is 6.39. The Labute approximate surface area is 181 Å². The van der Waals surface area contributed by atoms with E-state index in [0.717, 1.165) is 12.1 Å². The second-order valence-electron chi connectivity index (χ2n) is 7.42. The average molecular weight is 454 g/mol. The van der Waals surface area contributed by atoms with E-state index < -0.39 is 32.6 Å². The Morgan fingerprint density at radius 2 is 1.75 bits per heavy atom. The molecule has 1 aliphatic rings. The highest BCUT2D eigenvalue weighted by molar-refractivity contribution is 7.89. The minimum Gasteiger partial charge on any atom is -0.293 e. The number of sulfonamides is 1. The lowest BCUT2D eigenvalue weighted by Gasteiger charge is -2.29. The van der Waals surface area contributed by atoms with Crippen molar-refractivity contribution in [3.8, 4) is 11.3 Å². The van der Waals surface area contributed by atoms with Crippen LogP contribution in [-0.4, -0.2) is 30.5 Å². The molecular formula is C22H16F2N4O3S. The monoisotopic (exact) mass is 454 g/mol. The Morgan fingerprint density at radius 1 is 1.00 bits per heavy atom. The number of primary sulfonamides is 1. The molecule has 0 bridgehead atoms. The topological polar surface area (TPSA) is 98.3 Å². The second kappa shape index (κ2) is 7.21. The van der Waals surface area contributed by atoms with Crippen molar-refractivity contribution in [3.63, 3.8) is 0 Å². The van der Waals surface area contributed by atoms with Gasteiger partial charge in [0.1, 0.15) is 22.2 Å². The molecule has 1 amide bonds. The predicted octanol–water partition coefficient (Wildman–Crippen LogP) is 3.66. The van der Waals surface area contributed by atoms with Crippen LogP contribution in [-0.2, 0) is 16.4 Å². The second-order valence-corrected chi connectivity index (χ2v) is 8.95. The number of benzene rings is 2. The number of hydrogen-bond donors (Lipinski definition) is 1. The summed E-state index contributed by atoms with van der Waals surface area (Å²) in [6.45, 7) is 0.372. The molecule has 10 heteroatoms. The van der Waals surface area contributed by atoms with E-state index >= 15 is 0 Å². The van der Waals surface area contributed by atoms with Gasteiger partial charge in [0.2, 0.25) is 10.0 Å². The van der Waals surface area contributed by atoms with Gasteiger partial charge >= 0.3 is 6.03 Å². The number of fused-ring (bicyclic) bond motifs is 3. The Kier molecular flexibility index (Phi) is 4.57. The third kappa shape index (κ3) is 3.24. The molecule has 0 unspecified atom stereocenters. The number of aromatic nitrogens is 2. The SMILES string of the molecule is NS(=O)(=O)c1cc2c(cc1F)cc1n2C(=O)N(c2ccc(-c3ncccc3F)cc2)CC1. The van der Waals surface area contributed by atoms with Crippen molar-refractivity contribution < 1.29 is 22.0 Å². The lowest BCUT2D eigenvalue weighted by atomic mass is 10.1. The van der Waals surface area contributed by atoms with Crippen LogP contribution in [0.1, 0.15) is 5.69 Å².